The number of ether oxygens (including phenoxy) is 2. The van der Waals surface area contributed by atoms with Gasteiger partial charge in [0.05, 0.1) is 35.9 Å². The van der Waals surface area contributed by atoms with Crippen LogP contribution >= 0.6 is 22.6 Å². The lowest BCUT2D eigenvalue weighted by molar-refractivity contribution is -0.139. The van der Waals surface area contributed by atoms with Gasteiger partial charge in [0, 0.05) is 42.6 Å². The van der Waals surface area contributed by atoms with Crippen molar-refractivity contribution in [1.29, 1.82) is 0 Å². The van der Waals surface area contributed by atoms with Gasteiger partial charge in [-0.1, -0.05) is 58.3 Å². The number of carbonyl (C=O) groups excluding carboxylic acids is 3. The lowest BCUT2D eigenvalue weighted by Gasteiger charge is -2.40. The van der Waals surface area contributed by atoms with Crippen LogP contribution in [0.5, 0.6) is 11.5 Å². The highest BCUT2D eigenvalue weighted by molar-refractivity contribution is 14.1. The fraction of sp³-hybridized carbons (Fsp3) is 0.559. The van der Waals surface area contributed by atoms with Crippen LogP contribution in [0.2, 0.25) is 0 Å². The predicted octanol–water partition coefficient (Wildman–Crippen LogP) is 5.57. The first kappa shape index (κ1) is 36.6. The Morgan fingerprint density at radius 2 is 1.84 bits per heavy atom. The Bertz CT molecular complexity index is 1250. The summed E-state index contributed by atoms with van der Waals surface area (Å²) in [6.45, 7) is 2.24. The number of aliphatic hydroxyl groups excluding tert-OH is 2. The van der Waals surface area contributed by atoms with Crippen LogP contribution in [-0.4, -0.2) is 71.7 Å². The van der Waals surface area contributed by atoms with Gasteiger partial charge in [-0.25, -0.2) is 0 Å². The number of aliphatic hydroxyl groups is 2. The van der Waals surface area contributed by atoms with Crippen LogP contribution < -0.4 is 14.8 Å². The fourth-order valence-corrected chi connectivity index (χ4v) is 6.29. The number of aldehydes is 1. The van der Waals surface area contributed by atoms with E-state index in [9.17, 15) is 24.6 Å². The molecule has 2 aromatic rings. The van der Waals surface area contributed by atoms with Gasteiger partial charge in [-0.05, 0) is 53.3 Å². The molecule has 1 aliphatic rings. The van der Waals surface area contributed by atoms with Crippen molar-refractivity contribution >= 4 is 40.7 Å². The molecule has 11 heteroatoms. The van der Waals surface area contributed by atoms with Crippen LogP contribution in [0.3, 0.4) is 0 Å². The number of nitrogens with zero attached hydrogens (tertiary/aromatic N) is 1. The number of rotatable bonds is 20. The molecule has 2 amide bonds. The second-order valence-corrected chi connectivity index (χ2v) is 12.6. The zero-order chi connectivity index (χ0) is 32.6. The van der Waals surface area contributed by atoms with E-state index in [1.807, 2.05) is 22.6 Å². The highest BCUT2D eigenvalue weighted by atomic mass is 127. The second kappa shape index (κ2) is 19.6. The van der Waals surface area contributed by atoms with Gasteiger partial charge in [-0.15, -0.1) is 0 Å². The summed E-state index contributed by atoms with van der Waals surface area (Å²) in [7, 11) is 1.45. The molecule has 0 spiro atoms. The zero-order valence-electron chi connectivity index (χ0n) is 26.3. The van der Waals surface area contributed by atoms with E-state index in [0.717, 1.165) is 31.2 Å². The van der Waals surface area contributed by atoms with E-state index in [-0.39, 0.29) is 32.0 Å². The van der Waals surface area contributed by atoms with Crippen molar-refractivity contribution in [2.24, 2.45) is 0 Å². The van der Waals surface area contributed by atoms with Crippen molar-refractivity contribution in [3.63, 3.8) is 0 Å². The number of benzene rings is 1. The van der Waals surface area contributed by atoms with E-state index in [4.69, 9.17) is 13.9 Å². The molecule has 1 aromatic heterocycles. The molecule has 1 aliphatic carbocycles. The van der Waals surface area contributed by atoms with Crippen molar-refractivity contribution in [3.8, 4) is 11.5 Å². The maximum absolute atomic E-state index is 13.8. The Hall–Kier alpha value is -2.90. The standard InChI is InChI=1S/C34H47IN2O8/c1-3-4-5-6-7-8-9-10-11-12-31(40)37(21-24-13-16-44-23-24)28-19-26(34(42)36-14-15-38)20-29(32(28)41)45-33-27(35)17-25(22-39)18-30(33)43-2/h13,16-18,20,22-23,28-29,32,38,41H,3-12,14-15,19,21H2,1-2H3,(H,36,42). The number of amides is 2. The van der Waals surface area contributed by atoms with Crippen LogP contribution in [0, 0.1) is 3.57 Å². The van der Waals surface area contributed by atoms with Gasteiger partial charge in [-0.2, -0.15) is 0 Å². The van der Waals surface area contributed by atoms with E-state index in [0.29, 0.717) is 38.9 Å². The van der Waals surface area contributed by atoms with Crippen LogP contribution in [0.1, 0.15) is 93.5 Å². The predicted molar refractivity (Wildman–Crippen MR) is 179 cm³/mol. The Balaban J connectivity index is 1.83. The van der Waals surface area contributed by atoms with Gasteiger partial charge < -0.3 is 34.3 Å². The van der Waals surface area contributed by atoms with Crippen LogP contribution in [0.25, 0.3) is 0 Å². The molecule has 0 saturated carbocycles. The zero-order valence-corrected chi connectivity index (χ0v) is 28.5. The lowest BCUT2D eigenvalue weighted by Crippen LogP contribution is -2.54. The third-order valence-electron chi connectivity index (χ3n) is 8.00. The number of methoxy groups -OCH3 is 1. The number of nitrogens with one attached hydrogen (secondary N) is 1. The summed E-state index contributed by atoms with van der Waals surface area (Å²) in [5.74, 6) is 0.0699. The highest BCUT2D eigenvalue weighted by Gasteiger charge is 2.41. The van der Waals surface area contributed by atoms with Gasteiger partial charge in [0.1, 0.15) is 18.5 Å². The average molecular weight is 739 g/mol. The summed E-state index contributed by atoms with van der Waals surface area (Å²) >= 11 is 2.03. The molecule has 0 saturated heterocycles. The SMILES string of the molecule is CCCCCCCCCCCC(=O)N(Cc1ccoc1)C1CC(C(=O)NCCO)=CC(Oc2c(I)cc(C=O)cc2OC)C1O. The van der Waals surface area contributed by atoms with Crippen LogP contribution in [-0.2, 0) is 16.1 Å². The Labute approximate surface area is 279 Å². The molecular formula is C34H47IN2O8. The van der Waals surface area contributed by atoms with Gasteiger partial charge >= 0.3 is 0 Å². The number of unbranched alkanes of at least 4 members (excludes halogenated alkanes) is 8. The molecule has 1 heterocycles. The number of furan rings is 1. The number of hydrogen-bond acceptors (Lipinski definition) is 8. The minimum absolute atomic E-state index is 0.0596. The van der Waals surface area contributed by atoms with Gasteiger partial charge in [0.2, 0.25) is 11.8 Å². The van der Waals surface area contributed by atoms with Crippen molar-refractivity contribution in [3.05, 3.63) is 57.1 Å². The lowest BCUT2D eigenvalue weighted by atomic mass is 9.87. The van der Waals surface area contributed by atoms with E-state index in [1.54, 1.807) is 29.4 Å². The quantitative estimate of drug-likeness (QED) is 0.0912. The smallest absolute Gasteiger partial charge is 0.247 e. The van der Waals surface area contributed by atoms with Crippen molar-refractivity contribution in [2.75, 3.05) is 20.3 Å². The topological polar surface area (TPSA) is 139 Å². The molecule has 45 heavy (non-hydrogen) atoms. The maximum atomic E-state index is 13.8. The molecule has 10 nitrogen and oxygen atoms in total. The highest BCUT2D eigenvalue weighted by Crippen LogP contribution is 2.37. The first-order chi connectivity index (χ1) is 21.8. The number of carbonyl (C=O) groups is 3. The summed E-state index contributed by atoms with van der Waals surface area (Å²) in [5, 5.41) is 23.7. The Morgan fingerprint density at radius 3 is 2.47 bits per heavy atom. The molecule has 3 rings (SSSR count). The summed E-state index contributed by atoms with van der Waals surface area (Å²) in [5.41, 5.74) is 1.50. The molecule has 248 valence electrons. The van der Waals surface area contributed by atoms with Crippen LogP contribution in [0.4, 0.5) is 0 Å². The average Bonchev–Trinajstić information content (AvgIpc) is 3.56. The number of halogens is 1. The third kappa shape index (κ3) is 11.1. The summed E-state index contributed by atoms with van der Waals surface area (Å²) in [4.78, 5) is 40.0. The fourth-order valence-electron chi connectivity index (χ4n) is 5.54. The van der Waals surface area contributed by atoms with E-state index in [2.05, 4.69) is 12.2 Å². The molecular weight excluding hydrogens is 691 g/mol. The van der Waals surface area contributed by atoms with Crippen molar-refractivity contribution in [2.45, 2.75) is 102 Å². The molecule has 0 aliphatic heterocycles. The van der Waals surface area contributed by atoms with Gasteiger partial charge in [0.25, 0.3) is 0 Å². The molecule has 3 N–H and O–H groups in total. The first-order valence-corrected chi connectivity index (χ1v) is 17.0. The minimum atomic E-state index is -1.19. The van der Waals surface area contributed by atoms with Gasteiger partial charge in [0.15, 0.2) is 11.5 Å². The minimum Gasteiger partial charge on any atom is -0.493 e. The van der Waals surface area contributed by atoms with E-state index in [1.165, 1.54) is 51.5 Å². The van der Waals surface area contributed by atoms with Crippen LogP contribution in [0.15, 0.2) is 46.8 Å². The molecule has 0 bridgehead atoms. The summed E-state index contributed by atoms with van der Waals surface area (Å²) in [6, 6.07) is 4.16. The Morgan fingerprint density at radius 1 is 1.13 bits per heavy atom. The largest absolute Gasteiger partial charge is 0.493 e. The summed E-state index contributed by atoms with van der Waals surface area (Å²) in [6.07, 6.45) is 13.7. The Kier molecular flexibility index (Phi) is 15.9. The monoisotopic (exact) mass is 738 g/mol. The normalized spacial score (nSPS) is 17.8. The summed E-state index contributed by atoms with van der Waals surface area (Å²) < 4.78 is 17.6. The number of hydrogen-bond donors (Lipinski definition) is 3. The maximum Gasteiger partial charge on any atom is 0.247 e. The van der Waals surface area contributed by atoms with Crippen molar-refractivity contribution in [1.82, 2.24) is 10.2 Å². The molecule has 3 atom stereocenters. The third-order valence-corrected chi connectivity index (χ3v) is 8.81. The first-order valence-electron chi connectivity index (χ1n) is 15.9. The molecule has 0 radical (unpaired) electrons. The molecule has 3 unspecified atom stereocenters. The molecule has 0 fully saturated rings. The van der Waals surface area contributed by atoms with E-state index < -0.39 is 24.2 Å². The van der Waals surface area contributed by atoms with E-state index >= 15 is 0 Å². The molecule has 1 aromatic carbocycles. The van der Waals surface area contributed by atoms with Gasteiger partial charge in [-0.3, -0.25) is 14.4 Å². The van der Waals surface area contributed by atoms with Crippen molar-refractivity contribution < 1.29 is 38.5 Å². The second-order valence-electron chi connectivity index (χ2n) is 11.4.